The Hall–Kier alpha value is -2.16. The average molecular weight is 363 g/mol. The second-order valence-electron chi connectivity index (χ2n) is 9.83. The van der Waals surface area contributed by atoms with Crippen LogP contribution in [0.4, 0.5) is 5.69 Å². The summed E-state index contributed by atoms with van der Waals surface area (Å²) in [6, 6.07) is 9.23. The van der Waals surface area contributed by atoms with E-state index in [-0.39, 0.29) is 22.4 Å². The summed E-state index contributed by atoms with van der Waals surface area (Å²) < 4.78 is 8.59. The van der Waals surface area contributed by atoms with E-state index in [0.717, 1.165) is 11.5 Å². The van der Waals surface area contributed by atoms with E-state index in [0.29, 0.717) is 0 Å². The summed E-state index contributed by atoms with van der Waals surface area (Å²) in [6.07, 6.45) is 2.12. The van der Waals surface area contributed by atoms with E-state index in [1.165, 1.54) is 27.8 Å². The lowest BCUT2D eigenvalue weighted by Gasteiger charge is -2.62. The lowest BCUT2D eigenvalue weighted by Crippen LogP contribution is -2.62. The van der Waals surface area contributed by atoms with E-state index in [4.69, 9.17) is 4.42 Å². The van der Waals surface area contributed by atoms with Crippen molar-refractivity contribution in [1.82, 2.24) is 4.57 Å². The molecule has 3 aromatic rings. The van der Waals surface area contributed by atoms with Crippen molar-refractivity contribution >= 4 is 16.8 Å². The van der Waals surface area contributed by atoms with Crippen LogP contribution in [0.15, 0.2) is 34.9 Å². The van der Waals surface area contributed by atoms with Crippen LogP contribution < -0.4 is 4.90 Å². The zero-order valence-electron chi connectivity index (χ0n) is 17.8. The Morgan fingerprint density at radius 3 is 2.44 bits per heavy atom. The molecule has 2 unspecified atom stereocenters. The van der Waals surface area contributed by atoms with Gasteiger partial charge in [0.1, 0.15) is 5.76 Å². The number of fused-ring (bicyclic) bond motifs is 7. The van der Waals surface area contributed by atoms with Gasteiger partial charge >= 0.3 is 0 Å². The summed E-state index contributed by atoms with van der Waals surface area (Å²) in [4.78, 5) is 2.66. The van der Waals surface area contributed by atoms with Crippen molar-refractivity contribution < 1.29 is 4.42 Å². The van der Waals surface area contributed by atoms with Crippen LogP contribution in [0.2, 0.25) is 0 Å². The molecule has 0 radical (unpaired) electrons. The van der Waals surface area contributed by atoms with Crippen LogP contribution in [0.25, 0.3) is 11.1 Å². The lowest BCUT2D eigenvalue weighted by atomic mass is 9.51. The maximum Gasteiger partial charge on any atom is 0.207 e. The van der Waals surface area contributed by atoms with E-state index >= 15 is 0 Å². The van der Waals surface area contributed by atoms with Crippen molar-refractivity contribution in [2.45, 2.75) is 65.5 Å². The number of anilines is 1. The van der Waals surface area contributed by atoms with Gasteiger partial charge in [-0.05, 0) is 43.4 Å². The minimum absolute atomic E-state index is 0.00689. The molecular weight excluding hydrogens is 332 g/mol. The molecule has 27 heavy (non-hydrogen) atoms. The van der Waals surface area contributed by atoms with Crippen molar-refractivity contribution in [3.05, 3.63) is 52.9 Å². The molecule has 2 aromatic heterocycles. The molecule has 2 atom stereocenters. The van der Waals surface area contributed by atoms with Crippen LogP contribution in [0, 0.1) is 12.3 Å². The number of furan rings is 1. The third-order valence-corrected chi connectivity index (χ3v) is 8.40. The van der Waals surface area contributed by atoms with Gasteiger partial charge in [0, 0.05) is 35.3 Å². The third-order valence-electron chi connectivity index (χ3n) is 8.40. The molecule has 2 aliphatic rings. The number of rotatable bonds is 0. The van der Waals surface area contributed by atoms with E-state index in [1.54, 1.807) is 0 Å². The van der Waals surface area contributed by atoms with E-state index in [2.05, 4.69) is 95.4 Å². The number of aryl methyl sites for hydroxylation is 2. The number of para-hydroxylation sites is 1. The van der Waals surface area contributed by atoms with Gasteiger partial charge in [0.15, 0.2) is 0 Å². The van der Waals surface area contributed by atoms with Gasteiger partial charge in [0.25, 0.3) is 0 Å². The van der Waals surface area contributed by atoms with Crippen molar-refractivity contribution in [3.8, 4) is 0 Å². The molecule has 0 saturated heterocycles. The zero-order chi connectivity index (χ0) is 19.5. The number of hydrogen-bond donors (Lipinski definition) is 0. The SMILES string of the molecule is Cc1cccc2c1N1C(C)c3oc4c(ccn4C)c3C1(C)C(C)(C)C2(C)C. The first-order chi connectivity index (χ1) is 12.5. The van der Waals surface area contributed by atoms with Crippen molar-refractivity contribution in [2.75, 3.05) is 4.90 Å². The normalized spacial score (nSPS) is 27.6. The van der Waals surface area contributed by atoms with Gasteiger partial charge < -0.3 is 13.9 Å². The minimum atomic E-state index is -0.142. The predicted octanol–water partition coefficient (Wildman–Crippen LogP) is 6.19. The van der Waals surface area contributed by atoms with Crippen LogP contribution in [-0.2, 0) is 18.0 Å². The maximum absolute atomic E-state index is 6.49. The Morgan fingerprint density at radius 1 is 1.04 bits per heavy atom. The smallest absolute Gasteiger partial charge is 0.207 e. The molecule has 0 aliphatic carbocycles. The van der Waals surface area contributed by atoms with Gasteiger partial charge in [0.05, 0.1) is 11.6 Å². The molecule has 3 nitrogen and oxygen atoms in total. The van der Waals surface area contributed by atoms with Crippen LogP contribution in [0.1, 0.15) is 70.0 Å². The second-order valence-corrected chi connectivity index (χ2v) is 9.83. The summed E-state index contributed by atoms with van der Waals surface area (Å²) in [5, 5.41) is 1.27. The standard InChI is InChI=1S/C24H30N2O/c1-14-10-9-11-17-19(14)26-15(2)20-18(16-12-13-25(8)21(16)27-20)24(26,7)23(5,6)22(17,3)4/h9-13,15H,1-8H3. The predicted molar refractivity (Wildman–Crippen MR) is 111 cm³/mol. The molecule has 0 spiro atoms. The molecule has 0 fully saturated rings. The van der Waals surface area contributed by atoms with Crippen LogP contribution in [-0.4, -0.2) is 4.57 Å². The molecule has 142 valence electrons. The van der Waals surface area contributed by atoms with Gasteiger partial charge in [-0.1, -0.05) is 45.9 Å². The van der Waals surface area contributed by atoms with Crippen LogP contribution in [0.5, 0.6) is 0 Å². The molecule has 0 N–H and O–H groups in total. The molecule has 3 heteroatoms. The number of hydrogen-bond acceptors (Lipinski definition) is 2. The van der Waals surface area contributed by atoms with E-state index in [9.17, 15) is 0 Å². The third kappa shape index (κ3) is 1.58. The molecular formula is C24H30N2O. The fourth-order valence-corrected chi connectivity index (χ4v) is 6.00. The number of aromatic nitrogens is 1. The van der Waals surface area contributed by atoms with Crippen LogP contribution >= 0.6 is 0 Å². The van der Waals surface area contributed by atoms with Crippen molar-refractivity contribution in [2.24, 2.45) is 12.5 Å². The highest BCUT2D eigenvalue weighted by Gasteiger charge is 2.65. The summed E-state index contributed by atoms with van der Waals surface area (Å²) in [7, 11) is 2.07. The molecule has 0 saturated carbocycles. The first-order valence-electron chi connectivity index (χ1n) is 10.0. The molecule has 5 rings (SSSR count). The lowest BCUT2D eigenvalue weighted by molar-refractivity contribution is 0.0660. The second kappa shape index (κ2) is 4.63. The van der Waals surface area contributed by atoms with Gasteiger partial charge in [-0.2, -0.15) is 0 Å². The first kappa shape index (κ1) is 17.0. The first-order valence-corrected chi connectivity index (χ1v) is 10.0. The maximum atomic E-state index is 6.49. The average Bonchev–Trinajstić information content (AvgIpc) is 3.20. The molecule has 0 bridgehead atoms. The Balaban J connectivity index is 1.94. The van der Waals surface area contributed by atoms with Gasteiger partial charge in [0.2, 0.25) is 5.71 Å². The molecule has 2 aliphatic heterocycles. The highest BCUT2D eigenvalue weighted by molar-refractivity contribution is 5.86. The summed E-state index contributed by atoms with van der Waals surface area (Å²) in [5.74, 6) is 1.14. The minimum Gasteiger partial charge on any atom is -0.442 e. The molecule has 0 amide bonds. The Labute approximate surface area is 162 Å². The Bertz CT molecular complexity index is 1100. The summed E-state index contributed by atoms with van der Waals surface area (Å²) in [5.41, 5.74) is 6.47. The topological polar surface area (TPSA) is 21.3 Å². The quantitative estimate of drug-likeness (QED) is 0.475. The Morgan fingerprint density at radius 2 is 1.74 bits per heavy atom. The number of nitrogens with zero attached hydrogens (tertiary/aromatic N) is 2. The van der Waals surface area contributed by atoms with Gasteiger partial charge in [-0.3, -0.25) is 0 Å². The largest absolute Gasteiger partial charge is 0.442 e. The van der Waals surface area contributed by atoms with Crippen LogP contribution in [0.3, 0.4) is 0 Å². The van der Waals surface area contributed by atoms with E-state index in [1.807, 2.05) is 0 Å². The fraction of sp³-hybridized carbons (Fsp3) is 0.500. The fourth-order valence-electron chi connectivity index (χ4n) is 6.00. The molecule has 1 aromatic carbocycles. The monoisotopic (exact) mass is 362 g/mol. The van der Waals surface area contributed by atoms with Crippen molar-refractivity contribution in [3.63, 3.8) is 0 Å². The van der Waals surface area contributed by atoms with Gasteiger partial charge in [-0.25, -0.2) is 0 Å². The Kier molecular flexibility index (Phi) is 2.91. The van der Waals surface area contributed by atoms with Crippen molar-refractivity contribution in [1.29, 1.82) is 0 Å². The zero-order valence-corrected chi connectivity index (χ0v) is 17.8. The highest BCUT2D eigenvalue weighted by atomic mass is 16.4. The molecule has 4 heterocycles. The summed E-state index contributed by atoms with van der Waals surface area (Å²) in [6.45, 7) is 16.7. The van der Waals surface area contributed by atoms with Gasteiger partial charge in [-0.15, -0.1) is 0 Å². The number of benzene rings is 1. The van der Waals surface area contributed by atoms with E-state index < -0.39 is 0 Å². The highest BCUT2D eigenvalue weighted by Crippen LogP contribution is 2.68. The summed E-state index contributed by atoms with van der Waals surface area (Å²) >= 11 is 0.